The normalized spacial score (nSPS) is 11.9. The van der Waals surface area contributed by atoms with E-state index in [1.165, 1.54) is 6.07 Å². The highest BCUT2D eigenvalue weighted by Crippen LogP contribution is 2.32. The average Bonchev–Trinajstić information content (AvgIpc) is 3.32. The van der Waals surface area contributed by atoms with Crippen LogP contribution in [0.15, 0.2) is 48.5 Å². The van der Waals surface area contributed by atoms with Crippen molar-refractivity contribution >= 4 is 17.6 Å². The molecule has 2 heterocycles. The predicted molar refractivity (Wildman–Crippen MR) is 105 cm³/mol. The fourth-order valence-electron chi connectivity index (χ4n) is 3.06. The summed E-state index contributed by atoms with van der Waals surface area (Å²) in [4.78, 5) is 24.5. The molecular formula is C21H19N3O5. The number of rotatable bonds is 5. The zero-order valence-corrected chi connectivity index (χ0v) is 16.0. The van der Waals surface area contributed by atoms with Crippen molar-refractivity contribution in [1.82, 2.24) is 9.78 Å². The van der Waals surface area contributed by atoms with Crippen LogP contribution in [0.3, 0.4) is 0 Å². The third-order valence-electron chi connectivity index (χ3n) is 4.50. The molecule has 0 saturated heterocycles. The quantitative estimate of drug-likeness (QED) is 0.670. The number of carbonyl (C=O) groups is 2. The van der Waals surface area contributed by atoms with Crippen LogP contribution in [-0.2, 0) is 9.53 Å². The lowest BCUT2D eigenvalue weighted by molar-refractivity contribution is -0.119. The van der Waals surface area contributed by atoms with Crippen LogP contribution in [0.5, 0.6) is 11.5 Å². The van der Waals surface area contributed by atoms with Gasteiger partial charge in [0.1, 0.15) is 0 Å². The molecule has 1 aliphatic rings. The van der Waals surface area contributed by atoms with Gasteiger partial charge in [0.2, 0.25) is 6.79 Å². The topological polar surface area (TPSA) is 91.7 Å². The van der Waals surface area contributed by atoms with Crippen molar-refractivity contribution in [3.8, 4) is 17.2 Å². The highest BCUT2D eigenvalue weighted by molar-refractivity contribution is 5.96. The maximum Gasteiger partial charge on any atom is 0.338 e. The van der Waals surface area contributed by atoms with E-state index in [9.17, 15) is 9.59 Å². The van der Waals surface area contributed by atoms with E-state index in [1.807, 2.05) is 37.3 Å². The molecule has 0 saturated carbocycles. The second-order valence-corrected chi connectivity index (χ2v) is 6.49. The number of amides is 1. The van der Waals surface area contributed by atoms with Gasteiger partial charge in [-0.3, -0.25) is 4.79 Å². The van der Waals surface area contributed by atoms with Crippen molar-refractivity contribution < 1.29 is 23.8 Å². The molecule has 0 atom stereocenters. The predicted octanol–water partition coefficient (Wildman–Crippen LogP) is 3.01. The summed E-state index contributed by atoms with van der Waals surface area (Å²) in [5, 5.41) is 7.25. The third kappa shape index (κ3) is 3.77. The van der Waals surface area contributed by atoms with Crippen molar-refractivity contribution in [1.29, 1.82) is 0 Å². The van der Waals surface area contributed by atoms with Crippen molar-refractivity contribution in [3.05, 3.63) is 65.5 Å². The second-order valence-electron chi connectivity index (χ2n) is 6.49. The van der Waals surface area contributed by atoms with E-state index in [-0.39, 0.29) is 12.4 Å². The smallest absolute Gasteiger partial charge is 0.338 e. The molecule has 4 rings (SSSR count). The molecule has 0 radical (unpaired) electrons. The number of ether oxygens (including phenoxy) is 3. The summed E-state index contributed by atoms with van der Waals surface area (Å²) in [6.07, 6.45) is 0. The van der Waals surface area contributed by atoms with Crippen LogP contribution >= 0.6 is 0 Å². The van der Waals surface area contributed by atoms with Crippen molar-refractivity contribution in [2.24, 2.45) is 0 Å². The van der Waals surface area contributed by atoms with Gasteiger partial charge in [-0.15, -0.1) is 0 Å². The van der Waals surface area contributed by atoms with E-state index < -0.39 is 18.5 Å². The number of esters is 1. The molecule has 148 valence electrons. The van der Waals surface area contributed by atoms with Gasteiger partial charge in [0, 0.05) is 0 Å². The Hall–Kier alpha value is -3.81. The Morgan fingerprint density at radius 1 is 1.10 bits per heavy atom. The molecule has 0 bridgehead atoms. The number of nitrogens with one attached hydrogen (secondary N) is 1. The maximum atomic E-state index is 12.3. The first-order valence-electron chi connectivity index (χ1n) is 9.01. The number of aromatic nitrogens is 2. The van der Waals surface area contributed by atoms with E-state index in [0.717, 1.165) is 11.4 Å². The lowest BCUT2D eigenvalue weighted by Gasteiger charge is -2.08. The summed E-state index contributed by atoms with van der Waals surface area (Å²) in [6.45, 7) is 3.37. The first kappa shape index (κ1) is 18.5. The lowest BCUT2D eigenvalue weighted by Crippen LogP contribution is -2.21. The minimum absolute atomic E-state index is 0.117. The number of fused-ring (bicyclic) bond motifs is 1. The zero-order valence-electron chi connectivity index (χ0n) is 16.0. The van der Waals surface area contributed by atoms with Crippen LogP contribution in [-0.4, -0.2) is 35.1 Å². The molecule has 1 aliphatic heterocycles. The summed E-state index contributed by atoms with van der Waals surface area (Å²) >= 11 is 0. The minimum atomic E-state index is -0.619. The van der Waals surface area contributed by atoms with Crippen LogP contribution in [0, 0.1) is 13.8 Å². The third-order valence-corrected chi connectivity index (χ3v) is 4.50. The molecule has 0 aliphatic carbocycles. The van der Waals surface area contributed by atoms with Gasteiger partial charge < -0.3 is 19.5 Å². The Bertz CT molecular complexity index is 1080. The van der Waals surface area contributed by atoms with Crippen LogP contribution in [0.4, 0.5) is 5.69 Å². The van der Waals surface area contributed by atoms with Gasteiger partial charge in [-0.25, -0.2) is 9.48 Å². The van der Waals surface area contributed by atoms with Gasteiger partial charge in [-0.05, 0) is 44.2 Å². The highest BCUT2D eigenvalue weighted by Gasteiger charge is 2.19. The first-order chi connectivity index (χ1) is 14.0. The number of para-hydroxylation sites is 1. The van der Waals surface area contributed by atoms with E-state index in [2.05, 4.69) is 10.4 Å². The summed E-state index contributed by atoms with van der Waals surface area (Å²) < 4.78 is 17.3. The van der Waals surface area contributed by atoms with Gasteiger partial charge >= 0.3 is 5.97 Å². The SMILES string of the molecule is Cc1nn(-c2ccccc2)c(C)c1NC(=O)COC(=O)c1ccc2c(c1)OCO2. The van der Waals surface area contributed by atoms with E-state index in [1.54, 1.807) is 23.7 Å². The molecule has 0 unspecified atom stereocenters. The summed E-state index contributed by atoms with van der Waals surface area (Å²) in [6, 6.07) is 14.3. The number of benzene rings is 2. The van der Waals surface area contributed by atoms with E-state index in [4.69, 9.17) is 14.2 Å². The van der Waals surface area contributed by atoms with Crippen LogP contribution in [0.1, 0.15) is 21.7 Å². The molecule has 0 fully saturated rings. The molecule has 8 heteroatoms. The standard InChI is InChI=1S/C21H19N3O5/c1-13-20(14(2)24(23-13)16-6-4-3-5-7-16)22-19(25)11-27-21(26)15-8-9-17-18(10-15)29-12-28-17/h3-10H,11-12H2,1-2H3,(H,22,25). The molecule has 1 aromatic heterocycles. The van der Waals surface area contributed by atoms with Crippen LogP contribution in [0.25, 0.3) is 5.69 Å². The Morgan fingerprint density at radius 3 is 2.66 bits per heavy atom. The van der Waals surface area contributed by atoms with Gasteiger partial charge in [0.15, 0.2) is 18.1 Å². The molecule has 8 nitrogen and oxygen atoms in total. The zero-order chi connectivity index (χ0) is 20.4. The number of carbonyl (C=O) groups excluding carboxylic acids is 2. The molecule has 1 amide bonds. The lowest BCUT2D eigenvalue weighted by atomic mass is 10.2. The largest absolute Gasteiger partial charge is 0.454 e. The summed E-state index contributed by atoms with van der Waals surface area (Å²) in [5.74, 6) is -0.0195. The Labute approximate surface area is 167 Å². The van der Waals surface area contributed by atoms with Gasteiger partial charge in [0.25, 0.3) is 5.91 Å². The Kier molecular flexibility index (Phi) is 4.90. The summed E-state index contributed by atoms with van der Waals surface area (Å²) in [7, 11) is 0. The number of hydrogen-bond acceptors (Lipinski definition) is 6. The van der Waals surface area contributed by atoms with E-state index >= 15 is 0 Å². The molecule has 1 N–H and O–H groups in total. The number of aryl methyl sites for hydroxylation is 1. The number of anilines is 1. The number of nitrogens with zero attached hydrogens (tertiary/aromatic N) is 2. The molecule has 2 aromatic carbocycles. The Morgan fingerprint density at radius 2 is 1.86 bits per heavy atom. The molecular weight excluding hydrogens is 374 g/mol. The first-order valence-corrected chi connectivity index (χ1v) is 9.01. The minimum Gasteiger partial charge on any atom is -0.454 e. The maximum absolute atomic E-state index is 12.3. The second kappa shape index (κ2) is 7.67. The fourth-order valence-corrected chi connectivity index (χ4v) is 3.06. The van der Waals surface area contributed by atoms with Gasteiger partial charge in [0.05, 0.1) is 28.3 Å². The van der Waals surface area contributed by atoms with Gasteiger partial charge in [-0.2, -0.15) is 5.10 Å². The van der Waals surface area contributed by atoms with Crippen LogP contribution in [0.2, 0.25) is 0 Å². The molecule has 29 heavy (non-hydrogen) atoms. The number of hydrogen-bond donors (Lipinski definition) is 1. The van der Waals surface area contributed by atoms with Crippen molar-refractivity contribution in [2.75, 3.05) is 18.7 Å². The van der Waals surface area contributed by atoms with Crippen LogP contribution < -0.4 is 14.8 Å². The van der Waals surface area contributed by atoms with E-state index in [0.29, 0.717) is 22.9 Å². The van der Waals surface area contributed by atoms with Crippen molar-refractivity contribution in [3.63, 3.8) is 0 Å². The fraction of sp³-hybridized carbons (Fsp3) is 0.190. The molecule has 0 spiro atoms. The van der Waals surface area contributed by atoms with Gasteiger partial charge in [-0.1, -0.05) is 18.2 Å². The highest BCUT2D eigenvalue weighted by atomic mass is 16.7. The monoisotopic (exact) mass is 393 g/mol. The Balaban J connectivity index is 1.40. The van der Waals surface area contributed by atoms with Crippen molar-refractivity contribution in [2.45, 2.75) is 13.8 Å². The molecule has 3 aromatic rings. The summed E-state index contributed by atoms with van der Waals surface area (Å²) in [5.41, 5.74) is 3.22. The average molecular weight is 393 g/mol.